The third-order valence-corrected chi connectivity index (χ3v) is 5.75. The quantitative estimate of drug-likeness (QED) is 0.310. The van der Waals surface area contributed by atoms with Crippen LogP contribution in [0.25, 0.3) is 5.76 Å². The Kier molecular flexibility index (Phi) is 6.01. The number of para-hydroxylation sites is 1. The Hall–Kier alpha value is -3.57. The van der Waals surface area contributed by atoms with Crippen LogP contribution >= 0.6 is 11.6 Å². The zero-order chi connectivity index (χ0) is 22.8. The fraction of sp³-hybridized carbons (Fsp3) is 0.154. The van der Waals surface area contributed by atoms with Crippen molar-refractivity contribution in [2.75, 3.05) is 11.5 Å². The number of hydrogen-bond donors (Lipinski definition) is 1. The van der Waals surface area contributed by atoms with Crippen molar-refractivity contribution in [1.82, 2.24) is 0 Å². The highest BCUT2D eigenvalue weighted by molar-refractivity contribution is 6.51. The number of halogens is 1. The summed E-state index contributed by atoms with van der Waals surface area (Å²) in [5, 5.41) is 11.6. The van der Waals surface area contributed by atoms with E-state index in [-0.39, 0.29) is 11.3 Å². The van der Waals surface area contributed by atoms with Gasteiger partial charge in [0.25, 0.3) is 11.7 Å². The molecule has 1 heterocycles. The molecule has 3 aromatic carbocycles. The van der Waals surface area contributed by atoms with Crippen LogP contribution in [0.5, 0.6) is 5.75 Å². The van der Waals surface area contributed by atoms with Gasteiger partial charge in [-0.3, -0.25) is 14.5 Å². The minimum absolute atomic E-state index is 0.0224. The predicted octanol–water partition coefficient (Wildman–Crippen LogP) is 5.67. The van der Waals surface area contributed by atoms with Gasteiger partial charge in [-0.25, -0.2) is 0 Å². The van der Waals surface area contributed by atoms with Crippen molar-refractivity contribution >= 4 is 34.7 Å². The van der Waals surface area contributed by atoms with Crippen LogP contribution in [-0.4, -0.2) is 23.4 Å². The molecule has 1 unspecified atom stereocenters. The van der Waals surface area contributed by atoms with Gasteiger partial charge in [0.1, 0.15) is 11.5 Å². The largest absolute Gasteiger partial charge is 0.507 e. The van der Waals surface area contributed by atoms with E-state index in [1.165, 1.54) is 4.90 Å². The van der Waals surface area contributed by atoms with E-state index < -0.39 is 17.7 Å². The molecular formula is C26H22ClNO4. The second-order valence-corrected chi connectivity index (χ2v) is 7.85. The van der Waals surface area contributed by atoms with E-state index in [2.05, 4.69) is 0 Å². The molecule has 1 N–H and O–H groups in total. The summed E-state index contributed by atoms with van der Waals surface area (Å²) in [5.74, 6) is -1.31. The average molecular weight is 448 g/mol. The number of Topliss-reactive ketones (excluding diaryl/α,β-unsaturated/α-hetero) is 1. The highest BCUT2D eigenvalue weighted by Crippen LogP contribution is 2.43. The summed E-state index contributed by atoms with van der Waals surface area (Å²) in [5.41, 5.74) is 2.56. The zero-order valence-corrected chi connectivity index (χ0v) is 18.5. The first-order chi connectivity index (χ1) is 15.4. The summed E-state index contributed by atoms with van der Waals surface area (Å²) in [7, 11) is 0. The first-order valence-corrected chi connectivity index (χ1v) is 10.7. The van der Waals surface area contributed by atoms with Crippen molar-refractivity contribution in [3.8, 4) is 5.75 Å². The maximum Gasteiger partial charge on any atom is 0.300 e. The number of aliphatic hydroxyl groups is 1. The van der Waals surface area contributed by atoms with Crippen LogP contribution in [0.15, 0.2) is 78.4 Å². The number of ether oxygens (including phenoxy) is 1. The number of rotatable bonds is 5. The van der Waals surface area contributed by atoms with Crippen LogP contribution in [0.4, 0.5) is 5.69 Å². The third kappa shape index (κ3) is 3.76. The van der Waals surface area contributed by atoms with Crippen LogP contribution in [0, 0.1) is 6.92 Å². The Morgan fingerprint density at radius 3 is 2.41 bits per heavy atom. The molecule has 0 aliphatic carbocycles. The number of hydrogen-bond acceptors (Lipinski definition) is 4. The van der Waals surface area contributed by atoms with E-state index in [0.717, 1.165) is 11.1 Å². The maximum atomic E-state index is 13.2. The number of aliphatic hydroxyl groups excluding tert-OH is 1. The van der Waals surface area contributed by atoms with Gasteiger partial charge in [0, 0.05) is 11.3 Å². The number of carbonyl (C=O) groups excluding carboxylic acids is 2. The molecule has 1 atom stereocenters. The third-order valence-electron chi connectivity index (χ3n) is 5.44. The predicted molar refractivity (Wildman–Crippen MR) is 125 cm³/mol. The van der Waals surface area contributed by atoms with Crippen LogP contribution < -0.4 is 9.64 Å². The molecule has 4 rings (SSSR count). The highest BCUT2D eigenvalue weighted by atomic mass is 35.5. The van der Waals surface area contributed by atoms with Gasteiger partial charge in [0.05, 0.1) is 23.2 Å². The topological polar surface area (TPSA) is 66.8 Å². The maximum absolute atomic E-state index is 13.2. The Labute approximate surface area is 191 Å². The van der Waals surface area contributed by atoms with Gasteiger partial charge in [-0.05, 0) is 49.2 Å². The molecule has 0 spiro atoms. The lowest BCUT2D eigenvalue weighted by Crippen LogP contribution is -2.30. The van der Waals surface area contributed by atoms with Crippen molar-refractivity contribution in [2.45, 2.75) is 19.9 Å². The fourth-order valence-corrected chi connectivity index (χ4v) is 4.11. The Bertz CT molecular complexity index is 1220. The van der Waals surface area contributed by atoms with Crippen molar-refractivity contribution < 1.29 is 19.4 Å². The Balaban J connectivity index is 1.94. The monoisotopic (exact) mass is 447 g/mol. The lowest BCUT2D eigenvalue weighted by Gasteiger charge is -2.26. The molecule has 0 bridgehead atoms. The standard InChI is InChI=1S/C26H22ClNO4/c1-3-32-21-15-18(13-14-19(21)27)24(29)22-23(17-10-5-4-6-11-17)28(26(31)25(22)30)20-12-8-7-9-16(20)2/h4-15,23,29H,3H2,1-2H3/b24-22-. The average Bonchev–Trinajstić information content (AvgIpc) is 3.06. The minimum Gasteiger partial charge on any atom is -0.507 e. The molecule has 1 aliphatic rings. The molecule has 1 fully saturated rings. The second-order valence-electron chi connectivity index (χ2n) is 7.44. The number of ketones is 1. The number of amides is 1. The number of aryl methyl sites for hydroxylation is 1. The Morgan fingerprint density at radius 2 is 1.72 bits per heavy atom. The summed E-state index contributed by atoms with van der Waals surface area (Å²) in [4.78, 5) is 27.9. The van der Waals surface area contributed by atoms with Crippen molar-refractivity contribution in [3.63, 3.8) is 0 Å². The van der Waals surface area contributed by atoms with E-state index in [1.807, 2.05) is 62.4 Å². The molecule has 3 aromatic rings. The van der Waals surface area contributed by atoms with Gasteiger partial charge in [-0.1, -0.05) is 60.1 Å². The molecule has 6 heteroatoms. The summed E-state index contributed by atoms with van der Waals surface area (Å²) in [6.45, 7) is 4.10. The molecule has 1 saturated heterocycles. The van der Waals surface area contributed by atoms with E-state index >= 15 is 0 Å². The number of anilines is 1. The summed E-state index contributed by atoms with van der Waals surface area (Å²) in [6, 6.07) is 20.6. The van der Waals surface area contributed by atoms with Crippen LogP contribution in [0.1, 0.15) is 29.7 Å². The summed E-state index contributed by atoms with van der Waals surface area (Å²) in [6.07, 6.45) is 0. The molecule has 1 aliphatic heterocycles. The molecule has 1 amide bonds. The van der Waals surface area contributed by atoms with E-state index in [0.29, 0.717) is 28.6 Å². The molecule has 0 saturated carbocycles. The smallest absolute Gasteiger partial charge is 0.300 e. The molecule has 5 nitrogen and oxygen atoms in total. The number of carbonyl (C=O) groups is 2. The van der Waals surface area contributed by atoms with Crippen molar-refractivity contribution in [2.24, 2.45) is 0 Å². The van der Waals surface area contributed by atoms with E-state index in [4.69, 9.17) is 16.3 Å². The zero-order valence-electron chi connectivity index (χ0n) is 17.7. The molecular weight excluding hydrogens is 426 g/mol. The lowest BCUT2D eigenvalue weighted by atomic mass is 9.95. The lowest BCUT2D eigenvalue weighted by molar-refractivity contribution is -0.132. The van der Waals surface area contributed by atoms with Gasteiger partial charge < -0.3 is 9.84 Å². The van der Waals surface area contributed by atoms with Gasteiger partial charge >= 0.3 is 0 Å². The SMILES string of the molecule is CCOc1cc(/C(O)=C2/C(=O)C(=O)N(c3ccccc3C)C2c2ccccc2)ccc1Cl. The van der Waals surface area contributed by atoms with Gasteiger partial charge in [-0.2, -0.15) is 0 Å². The van der Waals surface area contributed by atoms with Crippen LogP contribution in [-0.2, 0) is 9.59 Å². The second kappa shape index (κ2) is 8.89. The fourth-order valence-electron chi connectivity index (χ4n) is 3.94. The number of benzene rings is 3. The normalized spacial score (nSPS) is 17.6. The van der Waals surface area contributed by atoms with E-state index in [1.54, 1.807) is 24.3 Å². The summed E-state index contributed by atoms with van der Waals surface area (Å²) >= 11 is 6.18. The van der Waals surface area contributed by atoms with Crippen LogP contribution in [0.2, 0.25) is 5.02 Å². The van der Waals surface area contributed by atoms with Crippen LogP contribution in [0.3, 0.4) is 0 Å². The molecule has 32 heavy (non-hydrogen) atoms. The highest BCUT2D eigenvalue weighted by Gasteiger charge is 2.47. The molecule has 0 radical (unpaired) electrons. The summed E-state index contributed by atoms with van der Waals surface area (Å²) < 4.78 is 5.53. The van der Waals surface area contributed by atoms with Gasteiger partial charge in [-0.15, -0.1) is 0 Å². The number of nitrogens with zero attached hydrogens (tertiary/aromatic N) is 1. The Morgan fingerprint density at radius 1 is 1.03 bits per heavy atom. The van der Waals surface area contributed by atoms with Gasteiger partial charge in [0.2, 0.25) is 0 Å². The van der Waals surface area contributed by atoms with Crippen molar-refractivity contribution in [1.29, 1.82) is 0 Å². The minimum atomic E-state index is -0.775. The molecule has 162 valence electrons. The molecule has 0 aromatic heterocycles. The van der Waals surface area contributed by atoms with E-state index in [9.17, 15) is 14.7 Å². The first kappa shape index (κ1) is 21.7. The van der Waals surface area contributed by atoms with Crippen molar-refractivity contribution in [3.05, 3.63) is 100 Å². The van der Waals surface area contributed by atoms with Gasteiger partial charge in [0.15, 0.2) is 0 Å². The first-order valence-electron chi connectivity index (χ1n) is 10.3.